The van der Waals surface area contributed by atoms with Gasteiger partial charge in [-0.2, -0.15) is 0 Å². The molecule has 3 aromatic carbocycles. The van der Waals surface area contributed by atoms with Crippen LogP contribution in [0.1, 0.15) is 30.0 Å². The molecule has 34 heavy (non-hydrogen) atoms. The van der Waals surface area contributed by atoms with E-state index in [1.807, 2.05) is 91.0 Å². The molecule has 176 valence electrons. The normalized spacial score (nSPS) is 12.8. The van der Waals surface area contributed by atoms with Gasteiger partial charge in [-0.3, -0.25) is 9.59 Å². The van der Waals surface area contributed by atoms with Crippen LogP contribution in [0.2, 0.25) is 0 Å². The number of amides is 1. The van der Waals surface area contributed by atoms with Crippen molar-refractivity contribution < 1.29 is 23.9 Å². The van der Waals surface area contributed by atoms with Crippen molar-refractivity contribution in [3.8, 4) is 0 Å². The third kappa shape index (κ3) is 5.01. The van der Waals surface area contributed by atoms with Gasteiger partial charge in [0.2, 0.25) is 5.91 Å². The molecule has 0 spiro atoms. The van der Waals surface area contributed by atoms with Crippen LogP contribution in [0.15, 0.2) is 91.0 Å². The van der Waals surface area contributed by atoms with Crippen LogP contribution in [0.5, 0.6) is 0 Å². The minimum absolute atomic E-state index is 0.0412. The topological polar surface area (TPSA) is 81.7 Å². The molecule has 6 heteroatoms. The lowest BCUT2D eigenvalue weighted by atomic mass is 9.68. The molecular weight excluding hydrogens is 430 g/mol. The molecule has 6 nitrogen and oxygen atoms in total. The monoisotopic (exact) mass is 459 g/mol. The molecule has 2 atom stereocenters. The number of benzene rings is 3. The van der Waals surface area contributed by atoms with E-state index in [2.05, 4.69) is 5.32 Å². The van der Waals surface area contributed by atoms with Gasteiger partial charge in [0.25, 0.3) is 0 Å². The summed E-state index contributed by atoms with van der Waals surface area (Å²) in [5.41, 5.74) is 0.989. The van der Waals surface area contributed by atoms with Gasteiger partial charge in [-0.25, -0.2) is 4.79 Å². The SMILES string of the molecule is COC(=O)[C@H](C[C@H](C)C(=O)OC)NC(=O)C(c1ccccc1)(c1ccccc1)c1ccccc1. The summed E-state index contributed by atoms with van der Waals surface area (Å²) in [4.78, 5) is 38.9. The Kier molecular flexibility index (Phi) is 8.19. The third-order valence-electron chi connectivity index (χ3n) is 5.94. The molecule has 0 unspecified atom stereocenters. The lowest BCUT2D eigenvalue weighted by Gasteiger charge is -2.35. The minimum atomic E-state index is -1.25. The highest BCUT2D eigenvalue weighted by atomic mass is 16.5. The summed E-state index contributed by atoms with van der Waals surface area (Å²) < 4.78 is 9.75. The van der Waals surface area contributed by atoms with E-state index in [9.17, 15) is 14.4 Å². The fourth-order valence-corrected chi connectivity index (χ4v) is 4.23. The fraction of sp³-hybridized carbons (Fsp3) is 0.250. The van der Waals surface area contributed by atoms with Gasteiger partial charge in [0.1, 0.15) is 11.5 Å². The maximum atomic E-state index is 14.3. The van der Waals surface area contributed by atoms with Crippen molar-refractivity contribution in [3.05, 3.63) is 108 Å². The van der Waals surface area contributed by atoms with Gasteiger partial charge in [0.05, 0.1) is 20.1 Å². The average molecular weight is 460 g/mol. The highest BCUT2D eigenvalue weighted by Gasteiger charge is 2.45. The van der Waals surface area contributed by atoms with Gasteiger partial charge >= 0.3 is 11.9 Å². The van der Waals surface area contributed by atoms with Crippen LogP contribution in [0.25, 0.3) is 0 Å². The number of rotatable bonds is 9. The van der Waals surface area contributed by atoms with Gasteiger partial charge < -0.3 is 14.8 Å². The largest absolute Gasteiger partial charge is 0.469 e. The summed E-state index contributed by atoms with van der Waals surface area (Å²) in [5.74, 6) is -2.12. The van der Waals surface area contributed by atoms with E-state index in [0.717, 1.165) is 16.7 Å². The standard InChI is InChI=1S/C28H29NO5/c1-20(25(30)33-2)19-24(26(31)34-3)29-27(32)28(21-13-7-4-8-14-21,22-15-9-5-10-16-22)23-17-11-6-12-18-23/h4-18,20,24H,19H2,1-3H3,(H,29,32)/t20-,24-/m0/s1. The number of carbonyl (C=O) groups excluding carboxylic acids is 3. The van der Waals surface area contributed by atoms with E-state index in [1.165, 1.54) is 14.2 Å². The zero-order valence-electron chi connectivity index (χ0n) is 19.6. The van der Waals surface area contributed by atoms with Crippen LogP contribution in [0.3, 0.4) is 0 Å². The van der Waals surface area contributed by atoms with E-state index in [4.69, 9.17) is 9.47 Å². The Balaban J connectivity index is 2.16. The Morgan fingerprint density at radius 1 is 0.706 bits per heavy atom. The first-order chi connectivity index (χ1) is 16.4. The van der Waals surface area contributed by atoms with Crippen molar-refractivity contribution in [1.29, 1.82) is 0 Å². The highest BCUT2D eigenvalue weighted by molar-refractivity contribution is 5.98. The third-order valence-corrected chi connectivity index (χ3v) is 5.94. The molecule has 0 saturated heterocycles. The summed E-state index contributed by atoms with van der Waals surface area (Å²) in [6.45, 7) is 1.65. The van der Waals surface area contributed by atoms with E-state index in [1.54, 1.807) is 6.92 Å². The number of hydrogen-bond donors (Lipinski definition) is 1. The number of ether oxygens (including phenoxy) is 2. The van der Waals surface area contributed by atoms with Gasteiger partial charge in [-0.05, 0) is 23.1 Å². The van der Waals surface area contributed by atoms with Crippen molar-refractivity contribution in [1.82, 2.24) is 5.32 Å². The first-order valence-electron chi connectivity index (χ1n) is 11.1. The average Bonchev–Trinajstić information content (AvgIpc) is 2.89. The molecule has 3 rings (SSSR count). The quantitative estimate of drug-likeness (QED) is 0.388. The molecule has 0 radical (unpaired) electrons. The molecule has 0 heterocycles. The van der Waals surface area contributed by atoms with Crippen molar-refractivity contribution in [3.63, 3.8) is 0 Å². The summed E-state index contributed by atoms with van der Waals surface area (Å²) >= 11 is 0. The van der Waals surface area contributed by atoms with Crippen LogP contribution in [0, 0.1) is 5.92 Å². The van der Waals surface area contributed by atoms with Gasteiger partial charge in [0, 0.05) is 0 Å². The lowest BCUT2D eigenvalue weighted by Crippen LogP contribution is -2.52. The van der Waals surface area contributed by atoms with E-state index < -0.39 is 35.2 Å². The molecule has 1 N–H and O–H groups in total. The molecule has 0 bridgehead atoms. The highest BCUT2D eigenvalue weighted by Crippen LogP contribution is 2.39. The Hall–Kier alpha value is -3.93. The number of nitrogens with one attached hydrogen (secondary N) is 1. The summed E-state index contributed by atoms with van der Waals surface area (Å²) in [7, 11) is 2.54. The fourth-order valence-electron chi connectivity index (χ4n) is 4.23. The Morgan fingerprint density at radius 3 is 1.44 bits per heavy atom. The molecule has 3 aromatic rings. The number of methoxy groups -OCH3 is 2. The maximum absolute atomic E-state index is 14.3. The van der Waals surface area contributed by atoms with Gasteiger partial charge in [-0.1, -0.05) is 97.9 Å². The predicted molar refractivity (Wildman–Crippen MR) is 129 cm³/mol. The van der Waals surface area contributed by atoms with Crippen LogP contribution in [-0.4, -0.2) is 38.1 Å². The van der Waals surface area contributed by atoms with E-state index in [-0.39, 0.29) is 6.42 Å². The van der Waals surface area contributed by atoms with Crippen molar-refractivity contribution in [2.24, 2.45) is 5.92 Å². The van der Waals surface area contributed by atoms with Crippen LogP contribution < -0.4 is 5.32 Å². The molecule has 0 aliphatic heterocycles. The summed E-state index contributed by atoms with van der Waals surface area (Å²) in [6, 6.07) is 27.2. The molecule has 0 aromatic heterocycles. The summed E-state index contributed by atoms with van der Waals surface area (Å²) in [6.07, 6.45) is 0.0412. The second-order valence-corrected chi connectivity index (χ2v) is 8.06. The molecule has 1 amide bonds. The Bertz CT molecular complexity index is 1000. The molecular formula is C28H29NO5. The number of carbonyl (C=O) groups is 3. The van der Waals surface area contributed by atoms with Gasteiger partial charge in [0.15, 0.2) is 0 Å². The smallest absolute Gasteiger partial charge is 0.328 e. The van der Waals surface area contributed by atoms with Crippen LogP contribution in [-0.2, 0) is 29.3 Å². The zero-order chi connectivity index (χ0) is 24.6. The van der Waals surface area contributed by atoms with Crippen LogP contribution in [0.4, 0.5) is 0 Å². The summed E-state index contributed by atoms with van der Waals surface area (Å²) in [5, 5.41) is 2.89. The van der Waals surface area contributed by atoms with Crippen molar-refractivity contribution in [2.75, 3.05) is 14.2 Å². The molecule has 0 saturated carbocycles. The van der Waals surface area contributed by atoms with Crippen molar-refractivity contribution >= 4 is 17.8 Å². The maximum Gasteiger partial charge on any atom is 0.328 e. The van der Waals surface area contributed by atoms with E-state index >= 15 is 0 Å². The Labute approximate surface area is 199 Å². The van der Waals surface area contributed by atoms with E-state index in [0.29, 0.717) is 0 Å². The number of esters is 2. The predicted octanol–water partition coefficient (Wildman–Crippen LogP) is 3.88. The second kappa shape index (κ2) is 11.3. The first kappa shape index (κ1) is 24.7. The first-order valence-corrected chi connectivity index (χ1v) is 11.1. The van der Waals surface area contributed by atoms with Crippen molar-refractivity contribution in [2.45, 2.75) is 24.8 Å². The molecule has 0 aliphatic carbocycles. The Morgan fingerprint density at radius 2 is 1.09 bits per heavy atom. The van der Waals surface area contributed by atoms with Gasteiger partial charge in [-0.15, -0.1) is 0 Å². The lowest BCUT2D eigenvalue weighted by molar-refractivity contribution is -0.149. The number of hydrogen-bond acceptors (Lipinski definition) is 5. The minimum Gasteiger partial charge on any atom is -0.469 e. The zero-order valence-corrected chi connectivity index (χ0v) is 19.6. The molecule has 0 aliphatic rings. The second-order valence-electron chi connectivity index (χ2n) is 8.06. The molecule has 0 fully saturated rings. The van der Waals surface area contributed by atoms with Crippen LogP contribution >= 0.6 is 0 Å².